The highest BCUT2D eigenvalue weighted by Gasteiger charge is 2.05. The average molecular weight is 199 g/mol. The molecule has 0 amide bonds. The van der Waals surface area contributed by atoms with Crippen LogP contribution >= 0.6 is 24.0 Å². The molecule has 1 aromatic carbocycles. The summed E-state index contributed by atoms with van der Waals surface area (Å²) in [5.41, 5.74) is 6.33. The molecule has 2 aromatic rings. The Kier molecular flexibility index (Phi) is 1.73. The number of halogens is 1. The number of hydrogen-bond acceptors (Lipinski definition) is 3. The molecule has 2 rings (SSSR count). The van der Waals surface area contributed by atoms with Gasteiger partial charge in [0.25, 0.3) is 0 Å². The summed E-state index contributed by atoms with van der Waals surface area (Å²) in [6.45, 7) is 0. The van der Waals surface area contributed by atoms with Crippen LogP contribution in [-0.4, -0.2) is 0 Å². The van der Waals surface area contributed by atoms with Gasteiger partial charge in [0.2, 0.25) is 0 Å². The first-order chi connectivity index (χ1) is 5.68. The molecule has 0 aliphatic heterocycles. The van der Waals surface area contributed by atoms with Crippen LogP contribution in [0, 0.1) is 5.82 Å². The van der Waals surface area contributed by atoms with Crippen molar-refractivity contribution in [2.24, 2.45) is 0 Å². The van der Waals surface area contributed by atoms with Gasteiger partial charge in [-0.25, -0.2) is 4.39 Å². The van der Waals surface area contributed by atoms with Gasteiger partial charge >= 0.3 is 0 Å². The lowest BCUT2D eigenvalue weighted by Gasteiger charge is -1.96. The third-order valence-electron chi connectivity index (χ3n) is 1.65. The maximum absolute atomic E-state index is 12.8. The zero-order chi connectivity index (χ0) is 8.72. The molecule has 2 N–H and O–H groups in total. The number of hydrogen-bond donors (Lipinski definition) is 2. The van der Waals surface area contributed by atoms with Crippen molar-refractivity contribution in [1.82, 2.24) is 0 Å². The van der Waals surface area contributed by atoms with Gasteiger partial charge in [-0.05, 0) is 12.1 Å². The number of thiol groups is 1. The Labute approximate surface area is 78.4 Å². The topological polar surface area (TPSA) is 26.0 Å². The molecular weight excluding hydrogens is 193 g/mol. The Morgan fingerprint density at radius 1 is 1.42 bits per heavy atom. The summed E-state index contributed by atoms with van der Waals surface area (Å²) >= 11 is 5.57. The largest absolute Gasteiger partial charge is 0.398 e. The van der Waals surface area contributed by atoms with Crippen molar-refractivity contribution in [2.45, 2.75) is 4.90 Å². The molecule has 4 heteroatoms. The van der Waals surface area contributed by atoms with Gasteiger partial charge in [-0.3, -0.25) is 0 Å². The zero-order valence-electron chi connectivity index (χ0n) is 6.04. The molecule has 0 saturated heterocycles. The predicted molar refractivity (Wildman–Crippen MR) is 53.4 cm³/mol. The number of fused-ring (bicyclic) bond motifs is 1. The fourth-order valence-corrected chi connectivity index (χ4v) is 2.48. The summed E-state index contributed by atoms with van der Waals surface area (Å²) in [6, 6.07) is 2.84. The first-order valence-corrected chi connectivity index (χ1v) is 4.66. The first kappa shape index (κ1) is 7.89. The van der Waals surface area contributed by atoms with Crippen LogP contribution in [0.25, 0.3) is 10.1 Å². The van der Waals surface area contributed by atoms with Gasteiger partial charge in [0.1, 0.15) is 5.82 Å². The van der Waals surface area contributed by atoms with Crippen molar-refractivity contribution >= 4 is 39.7 Å². The van der Waals surface area contributed by atoms with E-state index in [1.54, 1.807) is 5.38 Å². The van der Waals surface area contributed by atoms with Gasteiger partial charge in [0, 0.05) is 20.4 Å². The van der Waals surface area contributed by atoms with E-state index in [9.17, 15) is 4.39 Å². The number of nitrogens with two attached hydrogens (primary N) is 1. The van der Waals surface area contributed by atoms with Gasteiger partial charge in [-0.15, -0.1) is 24.0 Å². The van der Waals surface area contributed by atoms with E-state index in [0.717, 1.165) is 10.1 Å². The minimum Gasteiger partial charge on any atom is -0.398 e. The van der Waals surface area contributed by atoms with Crippen molar-refractivity contribution in [3.8, 4) is 0 Å². The molecule has 1 heterocycles. The van der Waals surface area contributed by atoms with Crippen LogP contribution in [0.2, 0.25) is 0 Å². The van der Waals surface area contributed by atoms with E-state index in [-0.39, 0.29) is 5.82 Å². The molecule has 0 radical (unpaired) electrons. The SMILES string of the molecule is Nc1csc2cc(F)cc(S)c12. The first-order valence-electron chi connectivity index (χ1n) is 3.33. The summed E-state index contributed by atoms with van der Waals surface area (Å²) in [5.74, 6) is -0.269. The van der Waals surface area contributed by atoms with E-state index >= 15 is 0 Å². The maximum atomic E-state index is 12.8. The zero-order valence-corrected chi connectivity index (χ0v) is 7.75. The van der Waals surface area contributed by atoms with Crippen LogP contribution in [0.3, 0.4) is 0 Å². The van der Waals surface area contributed by atoms with Gasteiger partial charge in [0.15, 0.2) is 0 Å². The highest BCUT2D eigenvalue weighted by atomic mass is 32.1. The smallest absolute Gasteiger partial charge is 0.125 e. The lowest BCUT2D eigenvalue weighted by molar-refractivity contribution is 0.627. The molecule has 62 valence electrons. The second kappa shape index (κ2) is 2.64. The van der Waals surface area contributed by atoms with Crippen LogP contribution in [0.5, 0.6) is 0 Å². The van der Waals surface area contributed by atoms with E-state index in [2.05, 4.69) is 12.6 Å². The molecule has 12 heavy (non-hydrogen) atoms. The van der Waals surface area contributed by atoms with Crippen LogP contribution in [0.15, 0.2) is 22.4 Å². The van der Waals surface area contributed by atoms with E-state index in [4.69, 9.17) is 5.73 Å². The van der Waals surface area contributed by atoms with Crippen LogP contribution < -0.4 is 5.73 Å². The van der Waals surface area contributed by atoms with Crippen LogP contribution in [0.4, 0.5) is 10.1 Å². The van der Waals surface area contributed by atoms with Crippen molar-refractivity contribution in [1.29, 1.82) is 0 Å². The average Bonchev–Trinajstić information content (AvgIpc) is 2.31. The molecule has 0 unspecified atom stereocenters. The van der Waals surface area contributed by atoms with E-state index in [1.165, 1.54) is 23.5 Å². The van der Waals surface area contributed by atoms with Gasteiger partial charge in [0.05, 0.1) is 5.69 Å². The molecule has 0 aliphatic carbocycles. The van der Waals surface area contributed by atoms with Gasteiger partial charge in [-0.1, -0.05) is 0 Å². The second-order valence-corrected chi connectivity index (χ2v) is 3.88. The molecule has 0 spiro atoms. The normalized spacial score (nSPS) is 10.8. The molecule has 0 fully saturated rings. The summed E-state index contributed by atoms with van der Waals surface area (Å²) in [6.07, 6.45) is 0. The minimum atomic E-state index is -0.269. The van der Waals surface area contributed by atoms with Crippen molar-refractivity contribution < 1.29 is 4.39 Å². The minimum absolute atomic E-state index is 0.269. The molecule has 0 atom stereocenters. The van der Waals surface area contributed by atoms with E-state index in [1.807, 2.05) is 0 Å². The Bertz CT molecular complexity index is 436. The van der Waals surface area contributed by atoms with E-state index in [0.29, 0.717) is 10.6 Å². The number of thiophene rings is 1. The van der Waals surface area contributed by atoms with Crippen molar-refractivity contribution in [2.75, 3.05) is 5.73 Å². The molecule has 0 bridgehead atoms. The van der Waals surface area contributed by atoms with Gasteiger partial charge < -0.3 is 5.73 Å². The monoisotopic (exact) mass is 199 g/mol. The lowest BCUT2D eigenvalue weighted by Crippen LogP contribution is -1.82. The van der Waals surface area contributed by atoms with Crippen LogP contribution in [-0.2, 0) is 0 Å². The fourth-order valence-electron chi connectivity index (χ4n) is 1.14. The molecule has 1 aromatic heterocycles. The summed E-state index contributed by atoms with van der Waals surface area (Å²) in [7, 11) is 0. The lowest BCUT2D eigenvalue weighted by atomic mass is 10.2. The Balaban J connectivity index is 2.93. The molecular formula is C8H6FNS2. The predicted octanol–water partition coefficient (Wildman–Crippen LogP) is 2.91. The third kappa shape index (κ3) is 1.07. The standard InChI is InChI=1S/C8H6FNS2/c9-4-1-6(11)8-5(10)3-12-7(8)2-4/h1-3,11H,10H2. The number of benzene rings is 1. The number of anilines is 1. The summed E-state index contributed by atoms with van der Waals surface area (Å²) in [5, 5.41) is 2.65. The molecule has 1 nitrogen and oxygen atoms in total. The van der Waals surface area contributed by atoms with E-state index < -0.39 is 0 Å². The second-order valence-electron chi connectivity index (χ2n) is 2.49. The molecule has 0 aliphatic rings. The quantitative estimate of drug-likeness (QED) is 0.627. The fraction of sp³-hybridized carbons (Fsp3) is 0. The maximum Gasteiger partial charge on any atom is 0.125 e. The summed E-state index contributed by atoms with van der Waals surface area (Å²) < 4.78 is 13.7. The Morgan fingerprint density at radius 3 is 2.92 bits per heavy atom. The van der Waals surface area contributed by atoms with Gasteiger partial charge in [-0.2, -0.15) is 0 Å². The van der Waals surface area contributed by atoms with Crippen molar-refractivity contribution in [3.63, 3.8) is 0 Å². The Hall–Kier alpha value is -0.740. The van der Waals surface area contributed by atoms with Crippen molar-refractivity contribution in [3.05, 3.63) is 23.3 Å². The Morgan fingerprint density at radius 2 is 2.17 bits per heavy atom. The number of nitrogen functional groups attached to an aromatic ring is 1. The highest BCUT2D eigenvalue weighted by molar-refractivity contribution is 7.80. The number of rotatable bonds is 0. The highest BCUT2D eigenvalue weighted by Crippen LogP contribution is 2.33. The molecule has 0 saturated carbocycles. The summed E-state index contributed by atoms with van der Waals surface area (Å²) in [4.78, 5) is 0.601. The third-order valence-corrected chi connectivity index (χ3v) is 2.95. The van der Waals surface area contributed by atoms with Crippen LogP contribution in [0.1, 0.15) is 0 Å².